The Bertz CT molecular complexity index is 640. The maximum absolute atomic E-state index is 11.2. The molecule has 2 aromatic heterocycles. The summed E-state index contributed by atoms with van der Waals surface area (Å²) >= 11 is 0. The van der Waals surface area contributed by atoms with E-state index in [1.807, 2.05) is 30.5 Å². The molecule has 0 aliphatic carbocycles. The minimum Gasteiger partial charge on any atom is -0.480 e. The number of hydrogen-bond donors (Lipinski definition) is 2. The van der Waals surface area contributed by atoms with Gasteiger partial charge in [-0.1, -0.05) is 0 Å². The number of aromatic nitrogens is 2. The van der Waals surface area contributed by atoms with Gasteiger partial charge in [-0.2, -0.15) is 0 Å². The van der Waals surface area contributed by atoms with Crippen LogP contribution in [-0.2, 0) is 11.3 Å². The van der Waals surface area contributed by atoms with Gasteiger partial charge in [-0.05, 0) is 30.7 Å². The van der Waals surface area contributed by atoms with Crippen molar-refractivity contribution in [2.24, 2.45) is 5.73 Å². The molecule has 1 fully saturated rings. The lowest BCUT2D eigenvalue weighted by atomic mass is 10.0. The lowest BCUT2D eigenvalue weighted by molar-refractivity contribution is -0.142. The average Bonchev–Trinajstić information content (AvgIpc) is 3.08. The third-order valence-electron chi connectivity index (χ3n) is 3.97. The third-order valence-corrected chi connectivity index (χ3v) is 3.97. The highest BCUT2D eigenvalue weighted by molar-refractivity contribution is 5.79. The first kappa shape index (κ1) is 13.8. The minimum atomic E-state index is -1.12. The van der Waals surface area contributed by atoms with Gasteiger partial charge in [-0.3, -0.25) is 14.7 Å². The number of aliphatic carboxylic acids is 1. The number of carbonyl (C=O) groups is 1. The maximum Gasteiger partial charge on any atom is 0.325 e. The fourth-order valence-electron chi connectivity index (χ4n) is 2.76. The van der Waals surface area contributed by atoms with Crippen LogP contribution in [0.4, 0.5) is 0 Å². The van der Waals surface area contributed by atoms with Crippen molar-refractivity contribution in [2.45, 2.75) is 18.5 Å². The van der Waals surface area contributed by atoms with Gasteiger partial charge in [0.05, 0.1) is 0 Å². The van der Waals surface area contributed by atoms with Crippen molar-refractivity contribution in [1.29, 1.82) is 0 Å². The summed E-state index contributed by atoms with van der Waals surface area (Å²) in [5, 5.41) is 9.19. The van der Waals surface area contributed by atoms with Gasteiger partial charge in [-0.25, -0.2) is 0 Å². The number of nitrogens with zero attached hydrogens (tertiary/aromatic N) is 3. The molecule has 1 aliphatic heterocycles. The van der Waals surface area contributed by atoms with Crippen LogP contribution in [0.2, 0.25) is 0 Å². The Kier molecular flexibility index (Phi) is 3.48. The first-order valence-electron chi connectivity index (χ1n) is 6.90. The molecule has 1 atom stereocenters. The molecule has 6 nitrogen and oxygen atoms in total. The van der Waals surface area contributed by atoms with Gasteiger partial charge in [0.2, 0.25) is 0 Å². The van der Waals surface area contributed by atoms with Crippen LogP contribution in [0.1, 0.15) is 12.1 Å². The van der Waals surface area contributed by atoms with Crippen LogP contribution in [0.25, 0.3) is 5.69 Å². The molecule has 110 valence electrons. The molecule has 1 saturated heterocycles. The predicted molar refractivity (Wildman–Crippen MR) is 78.0 cm³/mol. The summed E-state index contributed by atoms with van der Waals surface area (Å²) in [6.45, 7) is 1.76. The molecule has 0 amide bonds. The van der Waals surface area contributed by atoms with Gasteiger partial charge in [0.25, 0.3) is 0 Å². The highest BCUT2D eigenvalue weighted by atomic mass is 16.4. The van der Waals surface area contributed by atoms with Crippen molar-refractivity contribution in [2.75, 3.05) is 13.1 Å². The molecule has 0 bridgehead atoms. The summed E-state index contributed by atoms with van der Waals surface area (Å²) in [7, 11) is 0. The molecular weight excluding hydrogens is 268 g/mol. The number of hydrogen-bond acceptors (Lipinski definition) is 4. The highest BCUT2D eigenvalue weighted by Crippen LogP contribution is 2.22. The second-order valence-corrected chi connectivity index (χ2v) is 5.50. The zero-order valence-electron chi connectivity index (χ0n) is 11.6. The topological polar surface area (TPSA) is 84.4 Å². The lowest BCUT2D eigenvalue weighted by Crippen LogP contribution is -2.50. The van der Waals surface area contributed by atoms with Crippen LogP contribution in [0, 0.1) is 0 Å². The smallest absolute Gasteiger partial charge is 0.325 e. The Morgan fingerprint density at radius 1 is 1.38 bits per heavy atom. The summed E-state index contributed by atoms with van der Waals surface area (Å²) in [6, 6.07) is 7.91. The highest BCUT2D eigenvalue weighted by Gasteiger charge is 2.41. The molecule has 0 saturated carbocycles. The number of likely N-dealkylation sites (tertiary alicyclic amines) is 1. The Balaban J connectivity index is 1.76. The van der Waals surface area contributed by atoms with Crippen molar-refractivity contribution >= 4 is 5.97 Å². The molecule has 0 unspecified atom stereocenters. The van der Waals surface area contributed by atoms with E-state index in [9.17, 15) is 9.90 Å². The van der Waals surface area contributed by atoms with E-state index >= 15 is 0 Å². The van der Waals surface area contributed by atoms with Crippen LogP contribution in [0.15, 0.2) is 42.9 Å². The van der Waals surface area contributed by atoms with Gasteiger partial charge in [-0.15, -0.1) is 0 Å². The van der Waals surface area contributed by atoms with E-state index < -0.39 is 11.5 Å². The summed E-state index contributed by atoms with van der Waals surface area (Å²) < 4.78 is 2.08. The average molecular weight is 286 g/mol. The molecule has 2 aromatic rings. The number of nitrogens with two attached hydrogens (primary N) is 1. The summed E-state index contributed by atoms with van der Waals surface area (Å²) in [4.78, 5) is 17.3. The van der Waals surface area contributed by atoms with Gasteiger partial charge < -0.3 is 15.4 Å². The Morgan fingerprint density at radius 3 is 2.81 bits per heavy atom. The molecule has 0 spiro atoms. The fourth-order valence-corrected chi connectivity index (χ4v) is 2.76. The van der Waals surface area contributed by atoms with Crippen LogP contribution >= 0.6 is 0 Å². The molecule has 0 radical (unpaired) electrons. The molecule has 21 heavy (non-hydrogen) atoms. The third kappa shape index (κ3) is 2.68. The second kappa shape index (κ2) is 5.31. The minimum absolute atomic E-state index is 0.379. The van der Waals surface area contributed by atoms with E-state index in [4.69, 9.17) is 5.73 Å². The van der Waals surface area contributed by atoms with Crippen LogP contribution < -0.4 is 5.73 Å². The zero-order valence-corrected chi connectivity index (χ0v) is 11.6. The summed E-state index contributed by atoms with van der Waals surface area (Å²) in [5.41, 5.74) is 6.95. The lowest BCUT2D eigenvalue weighted by Gasteiger charge is -2.20. The van der Waals surface area contributed by atoms with Crippen LogP contribution in [-0.4, -0.2) is 44.2 Å². The number of carboxylic acid groups (broad SMARTS) is 1. The molecular formula is C15H18N4O2. The molecule has 1 aliphatic rings. The molecule has 0 aromatic carbocycles. The van der Waals surface area contributed by atoms with E-state index in [0.29, 0.717) is 26.1 Å². The Labute approximate surface area is 122 Å². The van der Waals surface area contributed by atoms with E-state index in [1.54, 1.807) is 12.4 Å². The Hall–Kier alpha value is -2.18. The van der Waals surface area contributed by atoms with E-state index in [1.165, 1.54) is 0 Å². The molecule has 6 heteroatoms. The fraction of sp³-hybridized carbons (Fsp3) is 0.333. The van der Waals surface area contributed by atoms with Gasteiger partial charge >= 0.3 is 5.97 Å². The van der Waals surface area contributed by atoms with E-state index in [-0.39, 0.29) is 0 Å². The molecule has 3 rings (SSSR count). The quantitative estimate of drug-likeness (QED) is 0.871. The second-order valence-electron chi connectivity index (χ2n) is 5.50. The SMILES string of the molecule is N[C@]1(C(=O)O)CCN(Cc2cccn2-c2ccncc2)C1. The van der Waals surface area contributed by atoms with E-state index in [2.05, 4.69) is 14.5 Å². The largest absolute Gasteiger partial charge is 0.480 e. The molecule has 3 N–H and O–H groups in total. The molecule has 3 heterocycles. The summed E-state index contributed by atoms with van der Waals surface area (Å²) in [6.07, 6.45) is 5.99. The van der Waals surface area contributed by atoms with Crippen LogP contribution in [0.5, 0.6) is 0 Å². The first-order chi connectivity index (χ1) is 10.1. The monoisotopic (exact) mass is 286 g/mol. The van der Waals surface area contributed by atoms with Crippen molar-refractivity contribution in [1.82, 2.24) is 14.5 Å². The van der Waals surface area contributed by atoms with Crippen molar-refractivity contribution in [3.05, 3.63) is 48.5 Å². The Morgan fingerprint density at radius 2 is 2.14 bits per heavy atom. The van der Waals surface area contributed by atoms with Gasteiger partial charge in [0.15, 0.2) is 0 Å². The number of carboxylic acids is 1. The van der Waals surface area contributed by atoms with Gasteiger partial charge in [0, 0.05) is 49.6 Å². The predicted octanol–water partition coefficient (Wildman–Crippen LogP) is 0.860. The maximum atomic E-state index is 11.2. The normalized spacial score (nSPS) is 22.5. The van der Waals surface area contributed by atoms with E-state index in [0.717, 1.165) is 11.4 Å². The zero-order chi connectivity index (χ0) is 14.9. The van der Waals surface area contributed by atoms with Crippen molar-refractivity contribution < 1.29 is 9.90 Å². The number of pyridine rings is 1. The standard InChI is InChI=1S/C15H18N4O2/c16-15(14(20)21)5-9-18(11-15)10-13-2-1-8-19(13)12-3-6-17-7-4-12/h1-4,6-8H,5,9-11,16H2,(H,20,21)/t15-/m1/s1. The van der Waals surface area contributed by atoms with Gasteiger partial charge in [0.1, 0.15) is 5.54 Å². The van der Waals surface area contributed by atoms with Crippen LogP contribution in [0.3, 0.4) is 0 Å². The van der Waals surface area contributed by atoms with Crippen molar-refractivity contribution in [3.8, 4) is 5.69 Å². The van der Waals surface area contributed by atoms with Crippen molar-refractivity contribution in [3.63, 3.8) is 0 Å². The summed E-state index contributed by atoms with van der Waals surface area (Å²) in [5.74, 6) is -0.922. The first-order valence-corrected chi connectivity index (χ1v) is 6.90. The number of rotatable bonds is 4.